The molecular formula is C23H27N3O4S2. The van der Waals surface area contributed by atoms with Gasteiger partial charge in [-0.3, -0.25) is 4.79 Å². The number of hydrogen-bond donors (Lipinski definition) is 1. The molecule has 9 heteroatoms. The highest BCUT2D eigenvalue weighted by molar-refractivity contribution is 7.80. The third kappa shape index (κ3) is 4.65. The van der Waals surface area contributed by atoms with Crippen LogP contribution in [0.5, 0.6) is 0 Å². The Morgan fingerprint density at radius 1 is 1.16 bits per heavy atom. The van der Waals surface area contributed by atoms with Crippen LogP contribution in [0.4, 0.5) is 5.00 Å². The van der Waals surface area contributed by atoms with Gasteiger partial charge in [-0.2, -0.15) is 0 Å². The minimum atomic E-state index is -0.398. The molecule has 1 amide bonds. The van der Waals surface area contributed by atoms with Gasteiger partial charge >= 0.3 is 5.97 Å². The molecule has 7 nitrogen and oxygen atoms in total. The second-order valence-corrected chi connectivity index (χ2v) is 9.45. The van der Waals surface area contributed by atoms with E-state index in [0.29, 0.717) is 48.5 Å². The highest BCUT2D eigenvalue weighted by atomic mass is 32.1. The number of ether oxygens (including phenoxy) is 2. The van der Waals surface area contributed by atoms with E-state index in [0.717, 1.165) is 28.8 Å². The summed E-state index contributed by atoms with van der Waals surface area (Å²) in [5, 5.41) is 4.49. The Bertz CT molecular complexity index is 994. The number of benzene rings is 1. The minimum absolute atomic E-state index is 0.0791. The smallest absolute Gasteiger partial charge is 0.341 e. The predicted octanol–water partition coefficient (Wildman–Crippen LogP) is 3.53. The van der Waals surface area contributed by atoms with Crippen molar-refractivity contribution in [2.75, 3.05) is 45.2 Å². The molecule has 32 heavy (non-hydrogen) atoms. The Kier molecular flexibility index (Phi) is 7.07. The number of hydrogen-bond acceptors (Lipinski definition) is 6. The van der Waals surface area contributed by atoms with Crippen molar-refractivity contribution in [3.05, 3.63) is 40.8 Å². The Labute approximate surface area is 197 Å². The molecule has 1 aromatic carbocycles. The van der Waals surface area contributed by atoms with Crippen molar-refractivity contribution in [1.29, 1.82) is 0 Å². The van der Waals surface area contributed by atoms with Gasteiger partial charge in [0.1, 0.15) is 16.7 Å². The zero-order valence-electron chi connectivity index (χ0n) is 18.3. The summed E-state index contributed by atoms with van der Waals surface area (Å²) in [6.07, 6.45) is 1.45. The number of rotatable bonds is 4. The Hall–Kier alpha value is -2.49. The lowest BCUT2D eigenvalue weighted by molar-refractivity contribution is -0.142. The van der Waals surface area contributed by atoms with Crippen molar-refractivity contribution in [3.8, 4) is 11.1 Å². The Balaban J connectivity index is 1.47. The number of carbonyl (C=O) groups excluding carboxylic acids is 2. The standard InChI is InChI=1S/C23H27N3O4S2/c1-15-18(16-7-4-3-5-8-16)19(22(28)29-2)20(32-15)24-23(31)26-12-10-25(11-13-26)21(27)17-9-6-14-30-17/h3-5,7-8,17H,6,9-14H2,1-2H3,(H,24,31). The molecular weight excluding hydrogens is 446 g/mol. The molecule has 4 rings (SSSR count). The van der Waals surface area contributed by atoms with E-state index in [9.17, 15) is 9.59 Å². The summed E-state index contributed by atoms with van der Waals surface area (Å²) < 4.78 is 10.6. The van der Waals surface area contributed by atoms with Crippen LogP contribution in [0.3, 0.4) is 0 Å². The third-order valence-corrected chi connectivity index (χ3v) is 7.22. The molecule has 0 bridgehead atoms. The van der Waals surface area contributed by atoms with E-state index < -0.39 is 5.97 Å². The molecule has 2 saturated heterocycles. The first-order valence-electron chi connectivity index (χ1n) is 10.7. The van der Waals surface area contributed by atoms with Gasteiger partial charge in [-0.05, 0) is 37.5 Å². The van der Waals surface area contributed by atoms with Gasteiger partial charge < -0.3 is 24.6 Å². The maximum atomic E-state index is 12.7. The maximum absolute atomic E-state index is 12.7. The van der Waals surface area contributed by atoms with Gasteiger partial charge in [-0.15, -0.1) is 11.3 Å². The Morgan fingerprint density at radius 2 is 1.84 bits per heavy atom. The number of methoxy groups -OCH3 is 1. The topological polar surface area (TPSA) is 71.1 Å². The molecule has 2 aliphatic heterocycles. The van der Waals surface area contributed by atoms with Crippen LogP contribution in [0.15, 0.2) is 30.3 Å². The zero-order valence-corrected chi connectivity index (χ0v) is 19.9. The van der Waals surface area contributed by atoms with Crippen LogP contribution in [0.2, 0.25) is 0 Å². The molecule has 1 unspecified atom stereocenters. The number of aryl methyl sites for hydroxylation is 1. The summed E-state index contributed by atoms with van der Waals surface area (Å²) in [7, 11) is 1.39. The predicted molar refractivity (Wildman–Crippen MR) is 129 cm³/mol. The van der Waals surface area contributed by atoms with E-state index in [-0.39, 0.29) is 12.0 Å². The number of esters is 1. The average molecular weight is 474 g/mol. The van der Waals surface area contributed by atoms with Crippen molar-refractivity contribution in [1.82, 2.24) is 9.80 Å². The summed E-state index contributed by atoms with van der Waals surface area (Å²) in [5.74, 6) is -0.319. The highest BCUT2D eigenvalue weighted by Crippen LogP contribution is 2.40. The quantitative estimate of drug-likeness (QED) is 0.538. The van der Waals surface area contributed by atoms with Gasteiger partial charge in [0.05, 0.1) is 7.11 Å². The van der Waals surface area contributed by atoms with Crippen LogP contribution in [0.1, 0.15) is 28.1 Å². The fourth-order valence-corrected chi connectivity index (χ4v) is 5.58. The molecule has 3 heterocycles. The maximum Gasteiger partial charge on any atom is 0.341 e. The molecule has 0 aliphatic carbocycles. The van der Waals surface area contributed by atoms with Crippen LogP contribution >= 0.6 is 23.6 Å². The zero-order chi connectivity index (χ0) is 22.7. The first kappa shape index (κ1) is 22.7. The summed E-state index contributed by atoms with van der Waals surface area (Å²) >= 11 is 7.15. The van der Waals surface area contributed by atoms with E-state index in [1.807, 2.05) is 47.1 Å². The fraction of sp³-hybridized carbons (Fsp3) is 0.435. The minimum Gasteiger partial charge on any atom is -0.465 e. The van der Waals surface area contributed by atoms with Crippen LogP contribution in [-0.4, -0.2) is 72.8 Å². The van der Waals surface area contributed by atoms with Gasteiger partial charge in [0.15, 0.2) is 5.11 Å². The molecule has 0 saturated carbocycles. The van der Waals surface area contributed by atoms with Crippen molar-refractivity contribution in [2.24, 2.45) is 0 Å². The van der Waals surface area contributed by atoms with Crippen LogP contribution in [0.25, 0.3) is 11.1 Å². The van der Waals surface area contributed by atoms with E-state index >= 15 is 0 Å². The van der Waals surface area contributed by atoms with Crippen molar-refractivity contribution >= 4 is 45.5 Å². The van der Waals surface area contributed by atoms with Crippen molar-refractivity contribution < 1.29 is 19.1 Å². The van der Waals surface area contributed by atoms with Crippen LogP contribution in [-0.2, 0) is 14.3 Å². The summed E-state index contributed by atoms with van der Waals surface area (Å²) in [4.78, 5) is 30.2. The highest BCUT2D eigenvalue weighted by Gasteiger charge is 2.31. The van der Waals surface area contributed by atoms with E-state index in [4.69, 9.17) is 21.7 Å². The summed E-state index contributed by atoms with van der Waals surface area (Å²) in [5.41, 5.74) is 2.32. The number of piperazine rings is 1. The number of nitrogens with one attached hydrogen (secondary N) is 1. The first-order valence-corrected chi connectivity index (χ1v) is 12.0. The number of thiophene rings is 1. The summed E-state index contributed by atoms with van der Waals surface area (Å²) in [6, 6.07) is 9.80. The number of carbonyl (C=O) groups is 2. The van der Waals surface area contributed by atoms with E-state index in [1.165, 1.54) is 18.4 Å². The van der Waals surface area contributed by atoms with Crippen molar-refractivity contribution in [2.45, 2.75) is 25.9 Å². The number of amides is 1. The molecule has 1 aromatic heterocycles. The van der Waals surface area contributed by atoms with Gasteiger partial charge in [-0.25, -0.2) is 4.79 Å². The largest absolute Gasteiger partial charge is 0.465 e. The fourth-order valence-electron chi connectivity index (χ4n) is 4.16. The van der Waals surface area contributed by atoms with E-state index in [2.05, 4.69) is 5.32 Å². The molecule has 170 valence electrons. The second-order valence-electron chi connectivity index (χ2n) is 7.84. The van der Waals surface area contributed by atoms with Gasteiger partial charge in [0, 0.05) is 43.2 Å². The van der Waals surface area contributed by atoms with Crippen molar-refractivity contribution in [3.63, 3.8) is 0 Å². The number of nitrogens with zero attached hydrogens (tertiary/aromatic N) is 2. The SMILES string of the molecule is COC(=O)c1c(NC(=S)N2CCN(C(=O)C3CCCO3)CC2)sc(C)c1-c1ccccc1. The van der Waals surface area contributed by atoms with Gasteiger partial charge in [0.2, 0.25) is 0 Å². The van der Waals surface area contributed by atoms with Gasteiger partial charge in [-0.1, -0.05) is 30.3 Å². The number of thiocarbonyl (C=S) groups is 1. The molecule has 0 radical (unpaired) electrons. The lowest BCUT2D eigenvalue weighted by Crippen LogP contribution is -2.53. The van der Waals surface area contributed by atoms with Crippen LogP contribution in [0, 0.1) is 6.92 Å². The molecule has 0 spiro atoms. The lowest BCUT2D eigenvalue weighted by Gasteiger charge is -2.37. The lowest BCUT2D eigenvalue weighted by atomic mass is 10.0. The first-order chi connectivity index (χ1) is 15.5. The molecule has 2 aromatic rings. The average Bonchev–Trinajstić information content (AvgIpc) is 3.47. The normalized spacial score (nSPS) is 18.5. The monoisotopic (exact) mass is 473 g/mol. The third-order valence-electron chi connectivity index (χ3n) is 5.84. The second kappa shape index (κ2) is 9.97. The Morgan fingerprint density at radius 3 is 2.47 bits per heavy atom. The van der Waals surface area contributed by atoms with E-state index in [1.54, 1.807) is 0 Å². The van der Waals surface area contributed by atoms with Gasteiger partial charge in [0.25, 0.3) is 5.91 Å². The molecule has 1 N–H and O–H groups in total. The summed E-state index contributed by atoms with van der Waals surface area (Å²) in [6.45, 7) is 5.12. The number of anilines is 1. The molecule has 1 atom stereocenters. The molecule has 2 aliphatic rings. The van der Waals surface area contributed by atoms with Crippen LogP contribution < -0.4 is 5.32 Å². The molecule has 2 fully saturated rings.